The number of alkyl halides is 3. The lowest BCUT2D eigenvalue weighted by molar-refractivity contribution is -0.120. The fourth-order valence-corrected chi connectivity index (χ4v) is 2.86. The Balaban J connectivity index is 2.28. The van der Waals surface area contributed by atoms with E-state index in [1.54, 1.807) is 31.2 Å². The van der Waals surface area contributed by atoms with Gasteiger partial charge in [-0.15, -0.1) is 0 Å². The van der Waals surface area contributed by atoms with Crippen LogP contribution in [0.5, 0.6) is 0 Å². The van der Waals surface area contributed by atoms with E-state index >= 15 is 0 Å². The maximum atomic E-state index is 12.8. The van der Waals surface area contributed by atoms with Crippen LogP contribution in [0.15, 0.2) is 42.6 Å². The van der Waals surface area contributed by atoms with Crippen LogP contribution in [-0.4, -0.2) is 28.4 Å². The van der Waals surface area contributed by atoms with E-state index in [0.717, 1.165) is 0 Å². The lowest BCUT2D eigenvalue weighted by Gasteiger charge is -2.28. The molecule has 1 aliphatic rings. The number of hydrogen-bond donors (Lipinski definition) is 2. The number of rotatable bonds is 4. The lowest BCUT2D eigenvalue weighted by atomic mass is 9.98. The van der Waals surface area contributed by atoms with Crippen molar-refractivity contribution < 1.29 is 14.3 Å². The molecule has 1 aliphatic heterocycles. The third-order valence-electron chi connectivity index (χ3n) is 3.37. The van der Waals surface area contributed by atoms with Gasteiger partial charge in [0.2, 0.25) is 3.79 Å². The molecule has 2 atom stereocenters. The fourth-order valence-electron chi connectivity index (χ4n) is 2.32. The molecule has 1 aromatic rings. The van der Waals surface area contributed by atoms with Crippen molar-refractivity contribution in [1.29, 1.82) is 0 Å². The largest absolute Gasteiger partial charge is 0.450 e. The molecule has 6 nitrogen and oxygen atoms in total. The molecule has 9 heteroatoms. The number of halogens is 3. The number of para-hydroxylation sites is 1. The van der Waals surface area contributed by atoms with Crippen molar-refractivity contribution in [3.63, 3.8) is 0 Å². The van der Waals surface area contributed by atoms with E-state index in [-0.39, 0.29) is 6.61 Å². The third-order valence-corrected chi connectivity index (χ3v) is 4.07. The molecular formula is C15H16Cl3N3O3. The molecule has 24 heavy (non-hydrogen) atoms. The molecule has 0 spiro atoms. The monoisotopic (exact) mass is 391 g/mol. The second kappa shape index (κ2) is 7.51. The topological polar surface area (TPSA) is 70.7 Å². The summed E-state index contributed by atoms with van der Waals surface area (Å²) in [6.45, 7) is 5.59. The molecule has 1 saturated heterocycles. The predicted octanol–water partition coefficient (Wildman–Crippen LogP) is 3.15. The first-order valence-electron chi connectivity index (χ1n) is 7.10. The van der Waals surface area contributed by atoms with Crippen molar-refractivity contribution in [3.05, 3.63) is 42.6 Å². The molecule has 2 N–H and O–H groups in total. The summed E-state index contributed by atoms with van der Waals surface area (Å²) in [5.41, 5.74) is 3.75. The van der Waals surface area contributed by atoms with E-state index in [9.17, 15) is 9.59 Å². The fraction of sp³-hybridized carbons (Fsp3) is 0.333. The van der Waals surface area contributed by atoms with Gasteiger partial charge in [-0.2, -0.15) is 0 Å². The molecule has 0 aliphatic carbocycles. The highest BCUT2D eigenvalue weighted by molar-refractivity contribution is 6.68. The molecule has 0 aromatic heterocycles. The van der Waals surface area contributed by atoms with Gasteiger partial charge >= 0.3 is 6.09 Å². The number of hydrogen-bond acceptors (Lipinski definition) is 4. The van der Waals surface area contributed by atoms with Crippen molar-refractivity contribution >= 4 is 52.5 Å². The standard InChI is InChI=1S/C15H16Cl3N3O3/c1-3-24-14(23)19-12(15(16,17)18)11-9(2)20-21(13(11)22)10-7-5-4-6-8-10/h4-8,11-12,20H,2-3H2,1H3,(H,19,23). The lowest BCUT2D eigenvalue weighted by Crippen LogP contribution is -2.51. The second-order valence-corrected chi connectivity index (χ2v) is 7.38. The third kappa shape index (κ3) is 4.06. The number of anilines is 1. The Morgan fingerprint density at radius 1 is 1.42 bits per heavy atom. The maximum absolute atomic E-state index is 12.8. The zero-order valence-corrected chi connectivity index (χ0v) is 15.0. The van der Waals surface area contributed by atoms with Crippen molar-refractivity contribution in [2.24, 2.45) is 5.92 Å². The summed E-state index contributed by atoms with van der Waals surface area (Å²) >= 11 is 17.9. The van der Waals surface area contributed by atoms with Gasteiger partial charge in [0.05, 0.1) is 18.3 Å². The van der Waals surface area contributed by atoms with Gasteiger partial charge in [0.1, 0.15) is 5.92 Å². The number of hydrazine groups is 1. The SMILES string of the molecule is C=C1NN(c2ccccc2)C(=O)C1C(NC(=O)OCC)C(Cl)(Cl)Cl. The van der Waals surface area contributed by atoms with E-state index < -0.39 is 27.8 Å². The number of carbonyl (C=O) groups excluding carboxylic acids is 2. The van der Waals surface area contributed by atoms with E-state index in [1.165, 1.54) is 5.01 Å². The van der Waals surface area contributed by atoms with Crippen LogP contribution in [0.25, 0.3) is 0 Å². The van der Waals surface area contributed by atoms with E-state index in [0.29, 0.717) is 11.4 Å². The molecule has 1 fully saturated rings. The van der Waals surface area contributed by atoms with Gasteiger partial charge in [0.25, 0.3) is 5.91 Å². The molecule has 130 valence electrons. The van der Waals surface area contributed by atoms with Gasteiger partial charge in [0, 0.05) is 5.70 Å². The zero-order valence-electron chi connectivity index (χ0n) is 12.8. The average Bonchev–Trinajstić information content (AvgIpc) is 2.80. The molecule has 2 unspecified atom stereocenters. The van der Waals surface area contributed by atoms with E-state index in [1.807, 2.05) is 6.07 Å². The van der Waals surface area contributed by atoms with Crippen molar-refractivity contribution in [3.8, 4) is 0 Å². The molecule has 2 amide bonds. The Bertz CT molecular complexity index is 634. The van der Waals surface area contributed by atoms with Gasteiger partial charge in [-0.1, -0.05) is 59.6 Å². The minimum Gasteiger partial charge on any atom is -0.450 e. The minimum atomic E-state index is -1.94. The summed E-state index contributed by atoms with van der Waals surface area (Å²) < 4.78 is 2.87. The van der Waals surface area contributed by atoms with Crippen LogP contribution in [0.3, 0.4) is 0 Å². The Labute approximate surface area is 154 Å². The van der Waals surface area contributed by atoms with E-state index in [2.05, 4.69) is 17.3 Å². The number of amides is 2. The number of nitrogens with one attached hydrogen (secondary N) is 2. The summed E-state index contributed by atoms with van der Waals surface area (Å²) in [6, 6.07) is 7.71. The van der Waals surface area contributed by atoms with Crippen molar-refractivity contribution in [2.75, 3.05) is 11.6 Å². The molecule has 1 aromatic carbocycles. The molecule has 1 heterocycles. The van der Waals surface area contributed by atoms with Crippen molar-refractivity contribution in [1.82, 2.24) is 10.7 Å². The highest BCUT2D eigenvalue weighted by Gasteiger charge is 2.49. The minimum absolute atomic E-state index is 0.145. The van der Waals surface area contributed by atoms with Crippen LogP contribution in [0.2, 0.25) is 0 Å². The average molecular weight is 393 g/mol. The molecular weight excluding hydrogens is 377 g/mol. The van der Waals surface area contributed by atoms with Gasteiger partial charge in [-0.05, 0) is 19.1 Å². The summed E-state index contributed by atoms with van der Waals surface area (Å²) in [7, 11) is 0. The number of carbonyl (C=O) groups is 2. The molecule has 0 bridgehead atoms. The van der Waals surface area contributed by atoms with Gasteiger partial charge in [0.15, 0.2) is 0 Å². The number of ether oxygens (including phenoxy) is 1. The first kappa shape index (κ1) is 18.7. The van der Waals surface area contributed by atoms with Crippen LogP contribution >= 0.6 is 34.8 Å². The first-order chi connectivity index (χ1) is 11.3. The normalized spacial score (nSPS) is 19.0. The van der Waals surface area contributed by atoms with Gasteiger partial charge < -0.3 is 10.1 Å². The Morgan fingerprint density at radius 3 is 2.58 bits per heavy atom. The number of benzene rings is 1. The van der Waals surface area contributed by atoms with Crippen LogP contribution in [0.1, 0.15) is 6.92 Å². The smallest absolute Gasteiger partial charge is 0.407 e. The Kier molecular flexibility index (Phi) is 5.85. The highest BCUT2D eigenvalue weighted by Crippen LogP contribution is 2.39. The Morgan fingerprint density at radius 2 is 2.04 bits per heavy atom. The number of nitrogens with zero attached hydrogens (tertiary/aromatic N) is 1. The van der Waals surface area contributed by atoms with Crippen LogP contribution < -0.4 is 15.8 Å². The molecule has 0 saturated carbocycles. The van der Waals surface area contributed by atoms with Crippen LogP contribution in [0.4, 0.5) is 10.5 Å². The van der Waals surface area contributed by atoms with E-state index in [4.69, 9.17) is 39.5 Å². The van der Waals surface area contributed by atoms with Crippen LogP contribution in [-0.2, 0) is 9.53 Å². The van der Waals surface area contributed by atoms with Gasteiger partial charge in [-0.3, -0.25) is 10.2 Å². The Hall–Kier alpha value is -1.63. The zero-order chi connectivity index (χ0) is 17.9. The number of alkyl carbamates (subject to hydrolysis) is 1. The van der Waals surface area contributed by atoms with Gasteiger partial charge in [-0.25, -0.2) is 9.80 Å². The quantitative estimate of drug-likeness (QED) is 0.772. The maximum Gasteiger partial charge on any atom is 0.407 e. The highest BCUT2D eigenvalue weighted by atomic mass is 35.6. The van der Waals surface area contributed by atoms with Crippen LogP contribution in [0, 0.1) is 5.92 Å². The summed E-state index contributed by atoms with van der Waals surface area (Å²) in [6.07, 6.45) is -0.785. The second-order valence-electron chi connectivity index (χ2n) is 5.01. The first-order valence-corrected chi connectivity index (χ1v) is 8.23. The van der Waals surface area contributed by atoms with Crippen molar-refractivity contribution in [2.45, 2.75) is 16.8 Å². The summed E-state index contributed by atoms with van der Waals surface area (Å²) in [5.74, 6) is -1.37. The predicted molar refractivity (Wildman–Crippen MR) is 93.9 cm³/mol. The molecule has 0 radical (unpaired) electrons. The summed E-state index contributed by atoms with van der Waals surface area (Å²) in [4.78, 5) is 24.5. The summed E-state index contributed by atoms with van der Waals surface area (Å²) in [5, 5.41) is 3.72. The molecule has 2 rings (SSSR count).